The average molecular weight is 271 g/mol. The molecule has 1 aromatic heterocycles. The molecule has 3 N–H and O–H groups in total. The van der Waals surface area contributed by atoms with Crippen molar-refractivity contribution in [1.29, 1.82) is 0 Å². The van der Waals surface area contributed by atoms with Crippen molar-refractivity contribution >= 4 is 17.7 Å². The molecule has 0 saturated carbocycles. The average Bonchev–Trinajstić information content (AvgIpc) is 2.66. The molecule has 1 heterocycles. The van der Waals surface area contributed by atoms with Gasteiger partial charge in [-0.3, -0.25) is 4.79 Å². The highest BCUT2D eigenvalue weighted by molar-refractivity contribution is 7.99. The van der Waals surface area contributed by atoms with Gasteiger partial charge in [-0.2, -0.15) is 0 Å². The number of nitrogens with two attached hydrogens (primary N) is 1. The fourth-order valence-electron chi connectivity index (χ4n) is 1.50. The van der Waals surface area contributed by atoms with Crippen molar-refractivity contribution in [2.45, 2.75) is 32.4 Å². The van der Waals surface area contributed by atoms with E-state index in [0.717, 1.165) is 35.6 Å². The lowest BCUT2D eigenvalue weighted by atomic mass is 10.2. The fourth-order valence-corrected chi connectivity index (χ4v) is 2.51. The maximum absolute atomic E-state index is 11.5. The van der Waals surface area contributed by atoms with E-state index in [4.69, 9.17) is 10.3 Å². The number of rotatable bonds is 8. The van der Waals surface area contributed by atoms with Gasteiger partial charge in [0.1, 0.15) is 5.76 Å². The summed E-state index contributed by atoms with van der Waals surface area (Å²) in [7, 11) is 0. The molecule has 18 heavy (non-hydrogen) atoms. The number of hydrogen-bond acceptors (Lipinski definition) is 5. The van der Waals surface area contributed by atoms with E-state index in [1.54, 1.807) is 11.8 Å². The molecule has 0 atom stereocenters. The van der Waals surface area contributed by atoms with Crippen LogP contribution in [0.25, 0.3) is 0 Å². The second kappa shape index (κ2) is 8.16. The predicted molar refractivity (Wildman–Crippen MR) is 73.4 cm³/mol. The molecular weight excluding hydrogens is 250 g/mol. The van der Waals surface area contributed by atoms with Gasteiger partial charge in [-0.1, -0.05) is 5.16 Å². The normalized spacial score (nSPS) is 10.6. The number of thioether (sulfide) groups is 1. The minimum absolute atomic E-state index is 0.0729. The second-order valence-electron chi connectivity index (χ2n) is 4.14. The van der Waals surface area contributed by atoms with E-state index >= 15 is 0 Å². The zero-order valence-electron chi connectivity index (χ0n) is 11.0. The van der Waals surface area contributed by atoms with Crippen LogP contribution in [0.15, 0.2) is 4.52 Å². The van der Waals surface area contributed by atoms with Crippen LogP contribution in [-0.2, 0) is 10.5 Å². The third kappa shape index (κ3) is 5.10. The summed E-state index contributed by atoms with van der Waals surface area (Å²) in [5, 5.41) is 6.76. The molecule has 0 aliphatic heterocycles. The Labute approximate surface area is 112 Å². The number of carbonyl (C=O) groups is 1. The molecule has 0 saturated heterocycles. The monoisotopic (exact) mass is 271 g/mol. The summed E-state index contributed by atoms with van der Waals surface area (Å²) in [4.78, 5) is 11.5. The summed E-state index contributed by atoms with van der Waals surface area (Å²) >= 11 is 1.57. The maximum atomic E-state index is 11.5. The highest BCUT2D eigenvalue weighted by Crippen LogP contribution is 2.19. The summed E-state index contributed by atoms with van der Waals surface area (Å²) in [6, 6.07) is 0. The topological polar surface area (TPSA) is 81.2 Å². The third-order valence-corrected chi connectivity index (χ3v) is 3.57. The van der Waals surface area contributed by atoms with Crippen LogP contribution in [0.1, 0.15) is 29.9 Å². The highest BCUT2D eigenvalue weighted by Gasteiger charge is 2.09. The van der Waals surface area contributed by atoms with Crippen LogP contribution in [-0.4, -0.2) is 29.9 Å². The van der Waals surface area contributed by atoms with Crippen LogP contribution in [0.5, 0.6) is 0 Å². The van der Waals surface area contributed by atoms with Gasteiger partial charge in [-0.05, 0) is 33.2 Å². The Morgan fingerprint density at radius 3 is 2.83 bits per heavy atom. The highest BCUT2D eigenvalue weighted by atomic mass is 32.2. The Balaban J connectivity index is 2.16. The Bertz CT molecular complexity index is 360. The molecule has 0 radical (unpaired) electrons. The summed E-state index contributed by atoms with van der Waals surface area (Å²) in [6.07, 6.45) is 1.89. The van der Waals surface area contributed by atoms with Gasteiger partial charge < -0.3 is 15.6 Å². The molecule has 6 heteroatoms. The van der Waals surface area contributed by atoms with Gasteiger partial charge in [0.05, 0.1) is 11.4 Å². The quantitative estimate of drug-likeness (QED) is 0.698. The summed E-state index contributed by atoms with van der Waals surface area (Å²) in [5.41, 5.74) is 7.38. The van der Waals surface area contributed by atoms with Crippen LogP contribution >= 0.6 is 11.8 Å². The van der Waals surface area contributed by atoms with Gasteiger partial charge in [-0.25, -0.2) is 0 Å². The zero-order valence-corrected chi connectivity index (χ0v) is 11.8. The zero-order chi connectivity index (χ0) is 13.4. The lowest BCUT2D eigenvalue weighted by Gasteiger charge is -2.04. The van der Waals surface area contributed by atoms with Gasteiger partial charge in [0.15, 0.2) is 0 Å². The number of nitrogens with one attached hydrogen (secondary N) is 1. The van der Waals surface area contributed by atoms with E-state index in [1.807, 2.05) is 13.8 Å². The first kappa shape index (κ1) is 15.0. The Morgan fingerprint density at radius 1 is 1.44 bits per heavy atom. The van der Waals surface area contributed by atoms with Gasteiger partial charge in [-0.15, -0.1) is 11.8 Å². The van der Waals surface area contributed by atoms with Crippen LogP contribution in [0.3, 0.4) is 0 Å². The van der Waals surface area contributed by atoms with Crippen molar-refractivity contribution in [3.05, 3.63) is 17.0 Å². The first-order chi connectivity index (χ1) is 8.65. The molecule has 5 nitrogen and oxygen atoms in total. The smallest absolute Gasteiger partial charge is 0.230 e. The van der Waals surface area contributed by atoms with E-state index < -0.39 is 0 Å². The number of carbonyl (C=O) groups excluding carboxylic acids is 1. The van der Waals surface area contributed by atoms with Gasteiger partial charge >= 0.3 is 0 Å². The second-order valence-corrected chi connectivity index (χ2v) is 5.13. The van der Waals surface area contributed by atoms with Crippen molar-refractivity contribution in [1.82, 2.24) is 10.5 Å². The molecule has 0 fully saturated rings. The number of aromatic nitrogens is 1. The van der Waals surface area contributed by atoms with E-state index in [2.05, 4.69) is 10.5 Å². The number of unbranched alkanes of at least 4 members (excludes halogenated alkanes) is 1. The maximum Gasteiger partial charge on any atom is 0.230 e. The fraction of sp³-hybridized carbons (Fsp3) is 0.667. The van der Waals surface area contributed by atoms with Crippen molar-refractivity contribution in [2.24, 2.45) is 5.73 Å². The van der Waals surface area contributed by atoms with E-state index in [0.29, 0.717) is 18.8 Å². The van der Waals surface area contributed by atoms with Crippen molar-refractivity contribution < 1.29 is 9.32 Å². The van der Waals surface area contributed by atoms with Crippen LogP contribution in [0, 0.1) is 13.8 Å². The van der Waals surface area contributed by atoms with Gasteiger partial charge in [0.25, 0.3) is 0 Å². The summed E-state index contributed by atoms with van der Waals surface area (Å²) in [6.45, 7) is 5.20. The van der Waals surface area contributed by atoms with E-state index in [1.165, 1.54) is 0 Å². The first-order valence-electron chi connectivity index (χ1n) is 6.11. The van der Waals surface area contributed by atoms with Crippen molar-refractivity contribution in [3.8, 4) is 0 Å². The molecule has 1 rings (SSSR count). The van der Waals surface area contributed by atoms with Crippen molar-refractivity contribution in [2.75, 3.05) is 18.8 Å². The molecule has 0 aliphatic carbocycles. The predicted octanol–water partition coefficient (Wildman–Crippen LogP) is 1.38. The summed E-state index contributed by atoms with van der Waals surface area (Å²) < 4.78 is 5.07. The standard InChI is InChI=1S/C12H21N3O2S/c1-9-11(10(2)17-15-9)7-18-8-12(16)14-6-4-3-5-13/h3-8,13H2,1-2H3,(H,14,16). The first-order valence-corrected chi connectivity index (χ1v) is 7.27. The van der Waals surface area contributed by atoms with E-state index in [-0.39, 0.29) is 5.91 Å². The Morgan fingerprint density at radius 2 is 2.22 bits per heavy atom. The number of hydrogen-bond donors (Lipinski definition) is 2. The number of aryl methyl sites for hydroxylation is 2. The van der Waals surface area contributed by atoms with E-state index in [9.17, 15) is 4.79 Å². The minimum atomic E-state index is 0.0729. The SMILES string of the molecule is Cc1noc(C)c1CSCC(=O)NCCCCN. The summed E-state index contributed by atoms with van der Waals surface area (Å²) in [5.74, 6) is 2.14. The molecule has 0 spiro atoms. The molecule has 0 unspecified atom stereocenters. The minimum Gasteiger partial charge on any atom is -0.361 e. The Hall–Kier alpha value is -1.01. The largest absolute Gasteiger partial charge is 0.361 e. The third-order valence-electron chi connectivity index (χ3n) is 2.61. The molecule has 0 aromatic carbocycles. The van der Waals surface area contributed by atoms with Gasteiger partial charge in [0, 0.05) is 17.9 Å². The number of amides is 1. The Kier molecular flexibility index (Phi) is 6.82. The van der Waals surface area contributed by atoms with Crippen LogP contribution in [0.2, 0.25) is 0 Å². The molecule has 102 valence electrons. The lowest BCUT2D eigenvalue weighted by molar-refractivity contribution is -0.118. The molecule has 1 aromatic rings. The van der Waals surface area contributed by atoms with Crippen molar-refractivity contribution in [3.63, 3.8) is 0 Å². The molecule has 1 amide bonds. The number of nitrogens with zero attached hydrogens (tertiary/aromatic N) is 1. The van der Waals surface area contributed by atoms with Gasteiger partial charge in [0.2, 0.25) is 5.91 Å². The van der Waals surface area contributed by atoms with Crippen LogP contribution < -0.4 is 11.1 Å². The molecule has 0 bridgehead atoms. The molecular formula is C12H21N3O2S. The lowest BCUT2D eigenvalue weighted by Crippen LogP contribution is -2.26. The van der Waals surface area contributed by atoms with Crippen LogP contribution in [0.4, 0.5) is 0 Å². The molecule has 0 aliphatic rings.